The van der Waals surface area contributed by atoms with Crippen molar-refractivity contribution in [2.75, 3.05) is 0 Å². The Hall–Kier alpha value is -2.80. The second kappa shape index (κ2) is 9.50. The molecule has 0 saturated heterocycles. The average Bonchev–Trinajstić information content (AvgIpc) is 3.37. The molecule has 0 aliphatic heterocycles. The zero-order valence-corrected chi connectivity index (χ0v) is 20.9. The van der Waals surface area contributed by atoms with Gasteiger partial charge in [0.05, 0.1) is 16.9 Å². The Kier molecular flexibility index (Phi) is 6.63. The molecule has 0 spiro atoms. The van der Waals surface area contributed by atoms with E-state index in [1.165, 1.54) is 24.3 Å². The Morgan fingerprint density at radius 2 is 1.62 bits per heavy atom. The van der Waals surface area contributed by atoms with E-state index in [1.807, 2.05) is 6.92 Å². The van der Waals surface area contributed by atoms with Crippen LogP contribution < -0.4 is 0 Å². The molecule has 0 radical (unpaired) electrons. The Bertz CT molecular complexity index is 1280. The van der Waals surface area contributed by atoms with Gasteiger partial charge in [-0.25, -0.2) is 8.78 Å². The smallest absolute Gasteiger partial charge is 0.385 e. The molecule has 3 atom stereocenters. The molecule has 2 aliphatic rings. The minimum atomic E-state index is -4.53. The predicted octanol–water partition coefficient (Wildman–Crippen LogP) is 8.41. The Labute approximate surface area is 213 Å². The quantitative estimate of drug-likeness (QED) is 0.354. The first-order chi connectivity index (χ1) is 17.5. The van der Waals surface area contributed by atoms with E-state index >= 15 is 4.39 Å². The summed E-state index contributed by atoms with van der Waals surface area (Å²) in [6, 6.07) is 9.84. The van der Waals surface area contributed by atoms with Gasteiger partial charge in [-0.2, -0.15) is 13.2 Å². The van der Waals surface area contributed by atoms with Gasteiger partial charge in [0.1, 0.15) is 5.82 Å². The largest absolute Gasteiger partial charge is 0.416 e. The molecule has 1 saturated carbocycles. The van der Waals surface area contributed by atoms with Crippen LogP contribution in [-0.4, -0.2) is 10.1 Å². The molecule has 7 heteroatoms. The van der Waals surface area contributed by atoms with Crippen molar-refractivity contribution < 1.29 is 27.1 Å². The number of fused-ring (bicyclic) bond motifs is 1. The molecule has 37 heavy (non-hydrogen) atoms. The number of rotatable bonds is 4. The van der Waals surface area contributed by atoms with Crippen molar-refractivity contribution in [2.24, 2.45) is 5.92 Å². The molecule has 1 fully saturated rings. The molecular formula is C30H30F5NO. The predicted molar refractivity (Wildman–Crippen MR) is 132 cm³/mol. The maximum Gasteiger partial charge on any atom is 0.416 e. The lowest BCUT2D eigenvalue weighted by Gasteiger charge is -2.38. The Morgan fingerprint density at radius 3 is 2.22 bits per heavy atom. The number of alkyl halides is 4. The van der Waals surface area contributed by atoms with Crippen LogP contribution in [0.25, 0.3) is 11.1 Å². The zero-order valence-electron chi connectivity index (χ0n) is 20.9. The topological polar surface area (TPSA) is 33.1 Å². The zero-order chi connectivity index (χ0) is 26.5. The summed E-state index contributed by atoms with van der Waals surface area (Å²) in [7, 11) is 0. The molecule has 3 unspecified atom stereocenters. The van der Waals surface area contributed by atoms with Crippen molar-refractivity contribution in [1.82, 2.24) is 4.98 Å². The highest BCUT2D eigenvalue weighted by Gasteiger charge is 2.41. The van der Waals surface area contributed by atoms with Crippen molar-refractivity contribution in [2.45, 2.75) is 76.2 Å². The van der Waals surface area contributed by atoms with E-state index < -0.39 is 29.3 Å². The van der Waals surface area contributed by atoms with Crippen molar-refractivity contribution in [3.8, 4) is 11.1 Å². The molecule has 1 aromatic heterocycles. The molecule has 1 N–H and O–H groups in total. The fraction of sp³-hybridized carbons (Fsp3) is 0.433. The third kappa shape index (κ3) is 4.90. The summed E-state index contributed by atoms with van der Waals surface area (Å²) >= 11 is 0. The summed E-state index contributed by atoms with van der Waals surface area (Å²) in [5.41, 5.74) is 1.10. The lowest BCUT2D eigenvalue weighted by atomic mass is 9.72. The van der Waals surface area contributed by atoms with E-state index in [0.717, 1.165) is 37.8 Å². The average molecular weight is 516 g/mol. The lowest BCUT2D eigenvalue weighted by Crippen LogP contribution is -2.34. The maximum atomic E-state index is 16.7. The van der Waals surface area contributed by atoms with Gasteiger partial charge in [0, 0.05) is 22.7 Å². The van der Waals surface area contributed by atoms with Crippen molar-refractivity contribution >= 4 is 0 Å². The van der Waals surface area contributed by atoms with Gasteiger partial charge in [0.2, 0.25) is 0 Å². The van der Waals surface area contributed by atoms with E-state index in [9.17, 15) is 22.7 Å². The molecule has 1 heterocycles. The second-order valence-electron chi connectivity index (χ2n) is 10.9. The monoisotopic (exact) mass is 515 g/mol. The lowest BCUT2D eigenvalue weighted by molar-refractivity contribution is -0.137. The highest BCUT2D eigenvalue weighted by molar-refractivity contribution is 5.76. The molecule has 0 bridgehead atoms. The van der Waals surface area contributed by atoms with Crippen LogP contribution in [0, 0.1) is 11.7 Å². The van der Waals surface area contributed by atoms with Crippen molar-refractivity contribution in [1.29, 1.82) is 0 Å². The summed E-state index contributed by atoms with van der Waals surface area (Å²) in [5, 5.41) is 11.6. The molecule has 3 aromatic rings. The minimum absolute atomic E-state index is 0.00868. The van der Waals surface area contributed by atoms with Gasteiger partial charge in [0.15, 0.2) is 6.17 Å². The van der Waals surface area contributed by atoms with Crippen LogP contribution in [-0.2, 0) is 18.2 Å². The molecule has 0 amide bonds. The normalized spacial score (nSPS) is 23.2. The number of hydrogen-bond donors (Lipinski definition) is 1. The Morgan fingerprint density at radius 1 is 1.00 bits per heavy atom. The molecule has 2 aliphatic carbocycles. The minimum Gasteiger partial charge on any atom is -0.385 e. The van der Waals surface area contributed by atoms with Crippen molar-refractivity contribution in [3.63, 3.8) is 0 Å². The van der Waals surface area contributed by atoms with Gasteiger partial charge in [-0.3, -0.25) is 4.98 Å². The maximum absolute atomic E-state index is 16.7. The third-order valence-electron chi connectivity index (χ3n) is 7.82. The summed E-state index contributed by atoms with van der Waals surface area (Å²) in [5.74, 6) is -0.270. The highest BCUT2D eigenvalue weighted by Crippen LogP contribution is 2.50. The molecule has 196 valence electrons. The summed E-state index contributed by atoms with van der Waals surface area (Å²) < 4.78 is 70.1. The van der Waals surface area contributed by atoms with Gasteiger partial charge in [-0.15, -0.1) is 0 Å². The second-order valence-corrected chi connectivity index (χ2v) is 10.9. The molecular weight excluding hydrogens is 485 g/mol. The fourth-order valence-electron chi connectivity index (χ4n) is 6.27. The highest BCUT2D eigenvalue weighted by atomic mass is 19.4. The van der Waals surface area contributed by atoms with Gasteiger partial charge < -0.3 is 5.11 Å². The van der Waals surface area contributed by atoms with Crippen LogP contribution >= 0.6 is 0 Å². The SMILES string of the molecule is CC1Cc2nc(C3CCCC3)c(C(F)c3ccc(C(F)(F)F)cc3)c(-c3ccc(F)cc3)c2C(C)(O)C1. The molecule has 2 nitrogen and oxygen atoms in total. The van der Waals surface area contributed by atoms with Crippen LogP contribution in [0.1, 0.15) is 91.7 Å². The van der Waals surface area contributed by atoms with Gasteiger partial charge in [-0.1, -0.05) is 44.0 Å². The van der Waals surface area contributed by atoms with Gasteiger partial charge in [-0.05, 0) is 79.5 Å². The number of aromatic nitrogens is 1. The van der Waals surface area contributed by atoms with E-state index in [2.05, 4.69) is 0 Å². The van der Waals surface area contributed by atoms with Gasteiger partial charge in [0.25, 0.3) is 0 Å². The number of pyridine rings is 1. The van der Waals surface area contributed by atoms with E-state index in [-0.39, 0.29) is 23.0 Å². The fourth-order valence-corrected chi connectivity index (χ4v) is 6.27. The number of benzene rings is 2. The molecule has 5 rings (SSSR count). The van der Waals surface area contributed by atoms with Crippen LogP contribution in [0.15, 0.2) is 48.5 Å². The number of halogens is 5. The van der Waals surface area contributed by atoms with Crippen LogP contribution in [0.4, 0.5) is 22.0 Å². The van der Waals surface area contributed by atoms with Crippen LogP contribution in [0.3, 0.4) is 0 Å². The molecule has 2 aromatic carbocycles. The Balaban J connectivity index is 1.79. The van der Waals surface area contributed by atoms with Crippen molar-refractivity contribution in [3.05, 3.63) is 88.0 Å². The first-order valence-corrected chi connectivity index (χ1v) is 12.8. The standard InChI is InChI=1S/C30H30F5NO/c1-17-15-23-26(29(2,37)16-17)24(18-9-13-22(31)14-10-18)25(28(36-23)20-5-3-4-6-20)27(32)19-7-11-21(12-8-19)30(33,34)35/h7-14,17,20,27,37H,3-6,15-16H2,1-2H3. The number of nitrogens with zero attached hydrogens (tertiary/aromatic N) is 1. The summed E-state index contributed by atoms with van der Waals surface area (Å²) in [6.45, 7) is 3.74. The third-order valence-corrected chi connectivity index (χ3v) is 7.82. The number of hydrogen-bond acceptors (Lipinski definition) is 2. The number of aliphatic hydroxyl groups is 1. The van der Waals surface area contributed by atoms with E-state index in [1.54, 1.807) is 19.1 Å². The van der Waals surface area contributed by atoms with Gasteiger partial charge >= 0.3 is 6.18 Å². The van der Waals surface area contributed by atoms with E-state index in [0.29, 0.717) is 40.9 Å². The van der Waals surface area contributed by atoms with E-state index in [4.69, 9.17) is 4.98 Å². The summed E-state index contributed by atoms with van der Waals surface area (Å²) in [6.07, 6.45) is -1.57. The summed E-state index contributed by atoms with van der Waals surface area (Å²) in [4.78, 5) is 4.99. The first-order valence-electron chi connectivity index (χ1n) is 12.8. The van der Waals surface area contributed by atoms with Crippen LogP contribution in [0.5, 0.6) is 0 Å². The van der Waals surface area contributed by atoms with Crippen LogP contribution in [0.2, 0.25) is 0 Å². The first kappa shape index (κ1) is 25.8.